The molecule has 0 unspecified atom stereocenters. The Balaban J connectivity index is 0.984. The molecule has 0 saturated carbocycles. The highest BCUT2D eigenvalue weighted by atomic mass is 15.2. The van der Waals surface area contributed by atoms with Crippen molar-refractivity contribution in [2.75, 3.05) is 32.7 Å². The Kier molecular flexibility index (Phi) is 16.6. The van der Waals surface area contributed by atoms with E-state index >= 15 is 0 Å². The SMILES string of the molecule is CCN(CC)c1ccc(C(c2ccc(-c3ccc(N(c4ccc(C)cc4)c4ccc(C)cc4)cc3)cc2)(c2ccc(-c3ccc(N(c4ccc(C)cc4)c4ccc(C)cc4)cc3)cc2)c2ccc(N(c3ccc(C)cc3)c3ccc(C)cc3)cc2)cc1. The van der Waals surface area contributed by atoms with Crippen LogP contribution in [0.15, 0.2) is 291 Å². The first-order valence-electron chi connectivity index (χ1n) is 30.6. The summed E-state index contributed by atoms with van der Waals surface area (Å²) >= 11 is 0. The van der Waals surface area contributed by atoms with Crippen LogP contribution in [0.3, 0.4) is 0 Å². The average Bonchev–Trinajstić information content (AvgIpc) is 0.904. The highest BCUT2D eigenvalue weighted by molar-refractivity contribution is 5.82. The van der Waals surface area contributed by atoms with Gasteiger partial charge >= 0.3 is 0 Å². The molecule has 428 valence electrons. The lowest BCUT2D eigenvalue weighted by Gasteiger charge is -2.38. The maximum absolute atomic E-state index is 2.42. The van der Waals surface area contributed by atoms with Crippen LogP contribution in [0.4, 0.5) is 56.9 Å². The Labute approximate surface area is 516 Å². The summed E-state index contributed by atoms with van der Waals surface area (Å²) in [5, 5.41) is 0. The monoisotopic (exact) mass is 1130 g/mol. The zero-order chi connectivity index (χ0) is 60.0. The number of anilines is 10. The normalized spacial score (nSPS) is 11.3. The molecule has 0 aromatic heterocycles. The molecule has 0 radical (unpaired) electrons. The van der Waals surface area contributed by atoms with Crippen molar-refractivity contribution in [2.24, 2.45) is 0 Å². The predicted molar refractivity (Wildman–Crippen MR) is 372 cm³/mol. The molecule has 87 heavy (non-hydrogen) atoms. The van der Waals surface area contributed by atoms with Crippen molar-refractivity contribution >= 4 is 56.9 Å². The highest BCUT2D eigenvalue weighted by Gasteiger charge is 2.39. The number of benzene rings is 12. The van der Waals surface area contributed by atoms with Crippen LogP contribution in [0.25, 0.3) is 22.3 Å². The van der Waals surface area contributed by atoms with Crippen LogP contribution in [0.1, 0.15) is 69.5 Å². The zero-order valence-corrected chi connectivity index (χ0v) is 51.4. The van der Waals surface area contributed by atoms with Crippen molar-refractivity contribution in [3.63, 3.8) is 0 Å². The van der Waals surface area contributed by atoms with Gasteiger partial charge in [-0.2, -0.15) is 0 Å². The van der Waals surface area contributed by atoms with Gasteiger partial charge in [-0.15, -0.1) is 0 Å². The summed E-state index contributed by atoms with van der Waals surface area (Å²) in [6.07, 6.45) is 0. The van der Waals surface area contributed by atoms with Crippen LogP contribution in [0.5, 0.6) is 0 Å². The highest BCUT2D eigenvalue weighted by Crippen LogP contribution is 2.48. The second-order valence-corrected chi connectivity index (χ2v) is 23.3. The van der Waals surface area contributed by atoms with Crippen LogP contribution in [0, 0.1) is 41.5 Å². The minimum absolute atomic E-state index is 0.741. The minimum Gasteiger partial charge on any atom is -0.372 e. The molecule has 12 rings (SSSR count). The van der Waals surface area contributed by atoms with E-state index in [0.717, 1.165) is 86.5 Å². The van der Waals surface area contributed by atoms with Gasteiger partial charge in [0.1, 0.15) is 0 Å². The molecule has 12 aromatic rings. The van der Waals surface area contributed by atoms with Gasteiger partial charge in [0.05, 0.1) is 5.41 Å². The van der Waals surface area contributed by atoms with Crippen molar-refractivity contribution in [1.82, 2.24) is 0 Å². The lowest BCUT2D eigenvalue weighted by atomic mass is 9.65. The second kappa shape index (κ2) is 25.2. The van der Waals surface area contributed by atoms with Gasteiger partial charge in [0.15, 0.2) is 0 Å². The summed E-state index contributed by atoms with van der Waals surface area (Å²) in [7, 11) is 0. The summed E-state index contributed by atoms with van der Waals surface area (Å²) in [6.45, 7) is 19.2. The van der Waals surface area contributed by atoms with Crippen LogP contribution in [-0.2, 0) is 5.41 Å². The largest absolute Gasteiger partial charge is 0.372 e. The lowest BCUT2D eigenvalue weighted by Crippen LogP contribution is -2.31. The summed E-state index contributed by atoms with van der Waals surface area (Å²) < 4.78 is 0. The molecule has 0 heterocycles. The third-order valence-corrected chi connectivity index (χ3v) is 17.3. The number of hydrogen-bond donors (Lipinski definition) is 0. The van der Waals surface area contributed by atoms with E-state index < -0.39 is 5.41 Å². The average molecular weight is 1130 g/mol. The van der Waals surface area contributed by atoms with Gasteiger partial charge in [0, 0.05) is 70.0 Å². The number of aryl methyl sites for hydroxylation is 6. The topological polar surface area (TPSA) is 13.0 Å². The summed E-state index contributed by atoms with van der Waals surface area (Å²) in [4.78, 5) is 9.47. The molecule has 0 aliphatic carbocycles. The molecule has 0 amide bonds. The van der Waals surface area contributed by atoms with Gasteiger partial charge < -0.3 is 19.6 Å². The molecule has 0 fully saturated rings. The van der Waals surface area contributed by atoms with Gasteiger partial charge in [-0.25, -0.2) is 0 Å². The fraction of sp³-hybridized carbons (Fsp3) is 0.133. The van der Waals surface area contributed by atoms with E-state index in [1.54, 1.807) is 0 Å². The fourth-order valence-corrected chi connectivity index (χ4v) is 12.3. The van der Waals surface area contributed by atoms with E-state index in [2.05, 4.69) is 366 Å². The van der Waals surface area contributed by atoms with E-state index in [9.17, 15) is 0 Å². The lowest BCUT2D eigenvalue weighted by molar-refractivity contribution is 0.744. The van der Waals surface area contributed by atoms with Crippen molar-refractivity contribution in [1.29, 1.82) is 0 Å². The quantitative estimate of drug-likeness (QED) is 0.0794. The van der Waals surface area contributed by atoms with E-state index in [4.69, 9.17) is 0 Å². The Morgan fingerprint density at radius 2 is 0.345 bits per heavy atom. The van der Waals surface area contributed by atoms with E-state index in [0.29, 0.717) is 0 Å². The summed E-state index contributed by atoms with van der Waals surface area (Å²) in [5.41, 5.74) is 27.2. The van der Waals surface area contributed by atoms with Gasteiger partial charge in [-0.05, 0) is 221 Å². The maximum Gasteiger partial charge on any atom is 0.0701 e. The van der Waals surface area contributed by atoms with E-state index in [-0.39, 0.29) is 0 Å². The molecule has 0 spiro atoms. The van der Waals surface area contributed by atoms with Gasteiger partial charge in [-0.3, -0.25) is 0 Å². The first kappa shape index (κ1) is 57.3. The molecular formula is C83H76N4. The number of nitrogens with zero attached hydrogens (tertiary/aromatic N) is 4. The summed E-state index contributed by atoms with van der Waals surface area (Å²) in [5.74, 6) is 0. The fourth-order valence-electron chi connectivity index (χ4n) is 12.3. The first-order chi connectivity index (χ1) is 42.4. The third-order valence-electron chi connectivity index (χ3n) is 17.3. The third kappa shape index (κ3) is 12.0. The Morgan fingerprint density at radius 3 is 0.540 bits per heavy atom. The molecule has 4 heteroatoms. The van der Waals surface area contributed by atoms with Gasteiger partial charge in [-0.1, -0.05) is 203 Å². The standard InChI is InChI=1S/C83H76N4/c1-9-84(10-2)73-55-35-71(36-56-73)83(72-37-57-82(58-38-72)87(78-47-19-63(7)20-48-78)79-49-21-64(8)22-50-79,69-31-23-65(24-32-69)67-27-51-80(52-28-67)85(74-39-11-59(3)12-40-74)75-41-13-60(4)14-42-75)70-33-25-66(26-34-70)68-29-53-81(54-30-68)86(76-43-15-61(5)16-44-76)77-45-17-62(6)18-46-77/h11-58H,9-10H2,1-8H3. The van der Waals surface area contributed by atoms with Crippen molar-refractivity contribution in [3.8, 4) is 22.3 Å². The van der Waals surface area contributed by atoms with E-state index in [1.165, 1.54) is 61.3 Å². The summed E-state index contributed by atoms with van der Waals surface area (Å²) in [6, 6.07) is 108. The van der Waals surface area contributed by atoms with Crippen LogP contribution < -0.4 is 19.6 Å². The molecule has 0 saturated heterocycles. The molecule has 4 nitrogen and oxygen atoms in total. The molecule has 0 atom stereocenters. The molecule has 12 aromatic carbocycles. The van der Waals surface area contributed by atoms with Crippen LogP contribution >= 0.6 is 0 Å². The maximum atomic E-state index is 2.42. The van der Waals surface area contributed by atoms with Crippen LogP contribution in [-0.4, -0.2) is 13.1 Å². The minimum atomic E-state index is -0.741. The van der Waals surface area contributed by atoms with Gasteiger partial charge in [0.2, 0.25) is 0 Å². The van der Waals surface area contributed by atoms with Crippen LogP contribution in [0.2, 0.25) is 0 Å². The van der Waals surface area contributed by atoms with E-state index in [1.807, 2.05) is 0 Å². The Bertz CT molecular complexity index is 3870. The number of hydrogen-bond acceptors (Lipinski definition) is 4. The zero-order valence-electron chi connectivity index (χ0n) is 51.4. The van der Waals surface area contributed by atoms with Crippen molar-refractivity contribution < 1.29 is 0 Å². The van der Waals surface area contributed by atoms with Crippen molar-refractivity contribution in [2.45, 2.75) is 60.8 Å². The Morgan fingerprint density at radius 1 is 0.195 bits per heavy atom. The van der Waals surface area contributed by atoms with Crippen molar-refractivity contribution in [3.05, 3.63) is 347 Å². The second-order valence-electron chi connectivity index (χ2n) is 23.3. The molecule has 0 aliphatic rings. The smallest absolute Gasteiger partial charge is 0.0701 e. The predicted octanol–water partition coefficient (Wildman–Crippen LogP) is 22.5. The molecule has 0 N–H and O–H groups in total. The molecular weight excluding hydrogens is 1050 g/mol. The molecule has 0 aliphatic heterocycles. The number of rotatable bonds is 18. The molecule has 0 bridgehead atoms. The Hall–Kier alpha value is -10.2. The first-order valence-corrected chi connectivity index (χ1v) is 30.6. The van der Waals surface area contributed by atoms with Gasteiger partial charge in [0.25, 0.3) is 0 Å².